The van der Waals surface area contributed by atoms with Crippen LogP contribution in [0.2, 0.25) is 5.02 Å². The first-order valence-electron chi connectivity index (χ1n) is 7.66. The monoisotopic (exact) mass is 334 g/mol. The van der Waals surface area contributed by atoms with Crippen LogP contribution < -0.4 is 5.69 Å². The minimum atomic E-state index is -0.291. The number of nitrogens with zero attached hydrogens (tertiary/aromatic N) is 2. The lowest BCUT2D eigenvalue weighted by Crippen LogP contribution is -2.38. The topological polar surface area (TPSA) is 81.8 Å². The fourth-order valence-corrected chi connectivity index (χ4v) is 3.25. The molecule has 0 radical (unpaired) electrons. The average Bonchev–Trinajstić information content (AvgIpc) is 2.97. The van der Waals surface area contributed by atoms with Crippen molar-refractivity contribution in [1.82, 2.24) is 20.1 Å². The van der Waals surface area contributed by atoms with Crippen LogP contribution in [0.25, 0.3) is 0 Å². The molecule has 1 fully saturated rings. The highest BCUT2D eigenvalue weighted by Gasteiger charge is 2.27. The first-order valence-corrected chi connectivity index (χ1v) is 8.04. The van der Waals surface area contributed by atoms with Crippen molar-refractivity contribution >= 4 is 17.5 Å². The molecule has 23 heavy (non-hydrogen) atoms. The number of benzene rings is 1. The van der Waals surface area contributed by atoms with E-state index in [0.29, 0.717) is 29.5 Å². The van der Waals surface area contributed by atoms with Crippen LogP contribution in [0.5, 0.6) is 0 Å². The molecule has 0 bridgehead atoms. The molecule has 0 saturated carbocycles. The smallest absolute Gasteiger partial charge is 0.339 e. The summed E-state index contributed by atoms with van der Waals surface area (Å²) in [5.74, 6) is 0.812. The van der Waals surface area contributed by atoms with Crippen molar-refractivity contribution in [3.8, 4) is 0 Å². The predicted octanol–water partition coefficient (Wildman–Crippen LogP) is 2.39. The Hall–Kier alpha value is -2.08. The Bertz CT molecular complexity index is 788. The van der Waals surface area contributed by atoms with Gasteiger partial charge >= 0.3 is 5.69 Å². The fraction of sp³-hybridized carbons (Fsp3) is 0.438. The summed E-state index contributed by atoms with van der Waals surface area (Å²) in [6, 6.07) is 3.70. The zero-order valence-corrected chi connectivity index (χ0v) is 13.9. The molecule has 122 valence electrons. The lowest BCUT2D eigenvalue weighted by Gasteiger charge is -2.31. The molecular formula is C16H19ClN4O2. The Labute approximate surface area is 138 Å². The number of carbonyl (C=O) groups is 1. The van der Waals surface area contributed by atoms with E-state index in [1.807, 2.05) is 30.9 Å². The van der Waals surface area contributed by atoms with Gasteiger partial charge in [-0.3, -0.25) is 9.78 Å². The molecule has 0 aliphatic carbocycles. The number of aromatic nitrogens is 3. The first kappa shape index (κ1) is 15.8. The number of rotatable bonds is 2. The number of amides is 1. The molecule has 1 aromatic heterocycles. The summed E-state index contributed by atoms with van der Waals surface area (Å²) in [6.45, 7) is 5.21. The summed E-state index contributed by atoms with van der Waals surface area (Å²) in [6.07, 6.45) is 1.55. The molecule has 6 nitrogen and oxygen atoms in total. The van der Waals surface area contributed by atoms with Gasteiger partial charge in [0.25, 0.3) is 5.91 Å². The van der Waals surface area contributed by atoms with Crippen molar-refractivity contribution in [1.29, 1.82) is 0 Å². The second-order valence-corrected chi connectivity index (χ2v) is 6.45. The zero-order chi connectivity index (χ0) is 16.6. The summed E-state index contributed by atoms with van der Waals surface area (Å²) >= 11 is 6.24. The number of piperidine rings is 1. The molecule has 0 spiro atoms. The third kappa shape index (κ3) is 3.17. The van der Waals surface area contributed by atoms with Crippen molar-refractivity contribution in [3.05, 3.63) is 50.2 Å². The quantitative estimate of drug-likeness (QED) is 0.884. The van der Waals surface area contributed by atoms with Crippen molar-refractivity contribution in [3.63, 3.8) is 0 Å². The standard InChI is InChI=1S/C16H19ClN4O2/c1-9-7-12(13(17)8-10(9)2)15(22)21-5-3-11(4-6-21)14-18-16(23)20-19-14/h7-8,11H,3-6H2,1-2H3,(H2,18,19,20,23). The highest BCUT2D eigenvalue weighted by atomic mass is 35.5. The zero-order valence-electron chi connectivity index (χ0n) is 13.1. The number of H-pyrrole nitrogens is 2. The van der Waals surface area contributed by atoms with Crippen molar-refractivity contribution in [2.75, 3.05) is 13.1 Å². The minimum absolute atomic E-state index is 0.0351. The summed E-state index contributed by atoms with van der Waals surface area (Å²) in [5.41, 5.74) is 2.40. The second-order valence-electron chi connectivity index (χ2n) is 6.05. The highest BCUT2D eigenvalue weighted by Crippen LogP contribution is 2.28. The van der Waals surface area contributed by atoms with Gasteiger partial charge in [0.1, 0.15) is 5.82 Å². The van der Waals surface area contributed by atoms with E-state index in [4.69, 9.17) is 11.6 Å². The molecule has 1 amide bonds. The van der Waals surface area contributed by atoms with Crippen LogP contribution in [0.1, 0.15) is 46.1 Å². The molecule has 7 heteroatoms. The molecule has 2 heterocycles. The predicted molar refractivity (Wildman–Crippen MR) is 88.0 cm³/mol. The Morgan fingerprint density at radius 3 is 2.52 bits per heavy atom. The van der Waals surface area contributed by atoms with Crippen molar-refractivity contribution in [2.24, 2.45) is 0 Å². The van der Waals surface area contributed by atoms with Crippen molar-refractivity contribution in [2.45, 2.75) is 32.6 Å². The van der Waals surface area contributed by atoms with E-state index in [-0.39, 0.29) is 17.5 Å². The maximum atomic E-state index is 12.7. The van der Waals surface area contributed by atoms with Crippen LogP contribution in [0.3, 0.4) is 0 Å². The number of aryl methyl sites for hydroxylation is 2. The Morgan fingerprint density at radius 1 is 1.26 bits per heavy atom. The normalized spacial score (nSPS) is 15.9. The number of hydrogen-bond acceptors (Lipinski definition) is 3. The van der Waals surface area contributed by atoms with E-state index < -0.39 is 0 Å². The van der Waals surface area contributed by atoms with Gasteiger partial charge in [0.2, 0.25) is 0 Å². The molecule has 0 atom stereocenters. The molecule has 0 unspecified atom stereocenters. The second kappa shape index (κ2) is 6.20. The summed E-state index contributed by atoms with van der Waals surface area (Å²) in [4.78, 5) is 28.3. The van der Waals surface area contributed by atoms with Gasteiger partial charge in [-0.15, -0.1) is 0 Å². The Morgan fingerprint density at radius 2 is 1.91 bits per heavy atom. The van der Waals surface area contributed by atoms with E-state index in [2.05, 4.69) is 15.2 Å². The van der Waals surface area contributed by atoms with Gasteiger partial charge in [0, 0.05) is 19.0 Å². The summed E-state index contributed by atoms with van der Waals surface area (Å²) < 4.78 is 0. The van der Waals surface area contributed by atoms with Gasteiger partial charge in [-0.2, -0.15) is 5.10 Å². The van der Waals surface area contributed by atoms with Crippen molar-refractivity contribution < 1.29 is 4.79 Å². The Balaban J connectivity index is 1.71. The minimum Gasteiger partial charge on any atom is -0.339 e. The van der Waals surface area contributed by atoms with Crippen LogP contribution in [0.15, 0.2) is 16.9 Å². The van der Waals surface area contributed by atoms with Crippen LogP contribution in [0.4, 0.5) is 0 Å². The lowest BCUT2D eigenvalue weighted by atomic mass is 9.95. The van der Waals surface area contributed by atoms with E-state index in [0.717, 1.165) is 24.0 Å². The number of aromatic amines is 2. The van der Waals surface area contributed by atoms with E-state index in [1.165, 1.54) is 0 Å². The molecule has 1 aromatic carbocycles. The maximum Gasteiger partial charge on any atom is 0.340 e. The van der Waals surface area contributed by atoms with Crippen LogP contribution in [0, 0.1) is 13.8 Å². The van der Waals surface area contributed by atoms with Gasteiger partial charge in [0.05, 0.1) is 10.6 Å². The van der Waals surface area contributed by atoms with Gasteiger partial charge in [-0.1, -0.05) is 11.6 Å². The third-order valence-electron chi connectivity index (χ3n) is 4.50. The van der Waals surface area contributed by atoms with Crippen LogP contribution >= 0.6 is 11.6 Å². The van der Waals surface area contributed by atoms with Gasteiger partial charge < -0.3 is 4.90 Å². The Kier molecular flexibility index (Phi) is 4.26. The first-order chi connectivity index (χ1) is 11.0. The third-order valence-corrected chi connectivity index (χ3v) is 4.81. The largest absolute Gasteiger partial charge is 0.340 e. The molecule has 2 N–H and O–H groups in total. The number of halogens is 1. The van der Waals surface area contributed by atoms with Crippen LogP contribution in [-0.4, -0.2) is 39.1 Å². The fourth-order valence-electron chi connectivity index (χ4n) is 2.95. The molecule has 1 aliphatic rings. The number of nitrogens with one attached hydrogen (secondary N) is 2. The van der Waals surface area contributed by atoms with Gasteiger partial charge in [-0.25, -0.2) is 9.89 Å². The average molecular weight is 335 g/mol. The highest BCUT2D eigenvalue weighted by molar-refractivity contribution is 6.34. The number of carbonyl (C=O) groups excluding carboxylic acids is 1. The summed E-state index contributed by atoms with van der Waals surface area (Å²) in [7, 11) is 0. The lowest BCUT2D eigenvalue weighted by molar-refractivity contribution is 0.0711. The molecule has 1 saturated heterocycles. The van der Waals surface area contributed by atoms with E-state index in [1.54, 1.807) is 0 Å². The SMILES string of the molecule is Cc1cc(Cl)c(C(=O)N2CCC(c3n[nH]c(=O)[nH]3)CC2)cc1C. The van der Waals surface area contributed by atoms with E-state index >= 15 is 0 Å². The van der Waals surface area contributed by atoms with Crippen LogP contribution in [-0.2, 0) is 0 Å². The number of hydrogen-bond donors (Lipinski definition) is 2. The molecule has 2 aromatic rings. The number of likely N-dealkylation sites (tertiary alicyclic amines) is 1. The maximum absolute atomic E-state index is 12.7. The summed E-state index contributed by atoms with van der Waals surface area (Å²) in [5, 5.41) is 6.87. The van der Waals surface area contributed by atoms with E-state index in [9.17, 15) is 9.59 Å². The molecular weight excluding hydrogens is 316 g/mol. The van der Waals surface area contributed by atoms with Gasteiger partial charge in [0.15, 0.2) is 0 Å². The molecule has 1 aliphatic heterocycles. The van der Waals surface area contributed by atoms with Gasteiger partial charge in [-0.05, 0) is 49.9 Å². The molecule has 3 rings (SSSR count).